The zero-order valence-corrected chi connectivity index (χ0v) is 13.0. The summed E-state index contributed by atoms with van der Waals surface area (Å²) in [6.07, 6.45) is -3.93. The lowest BCUT2D eigenvalue weighted by molar-refractivity contribution is -0.138. The normalized spacial score (nSPS) is 22.0. The van der Waals surface area contributed by atoms with Gasteiger partial charge in [-0.1, -0.05) is 18.2 Å². The molecule has 1 fully saturated rings. The lowest BCUT2D eigenvalue weighted by Gasteiger charge is -2.19. The minimum Gasteiger partial charge on any atom is -0.328 e. The van der Waals surface area contributed by atoms with Crippen molar-refractivity contribution in [2.24, 2.45) is 11.7 Å². The van der Waals surface area contributed by atoms with E-state index in [2.05, 4.69) is 0 Å². The molecule has 1 saturated heterocycles. The highest BCUT2D eigenvalue weighted by atomic mass is 32.2. The van der Waals surface area contributed by atoms with E-state index in [4.69, 9.17) is 5.73 Å². The predicted octanol–water partition coefficient (Wildman–Crippen LogP) is 2.20. The Labute approximate surface area is 128 Å². The first-order valence-corrected chi connectivity index (χ1v) is 8.60. The maximum atomic E-state index is 12.9. The van der Waals surface area contributed by atoms with Gasteiger partial charge >= 0.3 is 6.18 Å². The number of alkyl halides is 3. The Bertz CT molecular complexity index is 629. The molecule has 1 aliphatic heterocycles. The van der Waals surface area contributed by atoms with Gasteiger partial charge in [0, 0.05) is 19.1 Å². The van der Waals surface area contributed by atoms with Crippen molar-refractivity contribution in [3.63, 3.8) is 0 Å². The van der Waals surface area contributed by atoms with Gasteiger partial charge < -0.3 is 5.73 Å². The molecule has 2 unspecified atom stereocenters. The van der Waals surface area contributed by atoms with Crippen molar-refractivity contribution in [3.8, 4) is 0 Å². The maximum absolute atomic E-state index is 12.9. The SMILES string of the molecule is CC(N)C1CCN(S(=O)(=O)Cc2ccccc2C(F)(F)F)C1. The number of hydrogen-bond acceptors (Lipinski definition) is 3. The Kier molecular flexibility index (Phi) is 4.84. The lowest BCUT2D eigenvalue weighted by atomic mass is 10.0. The molecule has 1 aromatic rings. The summed E-state index contributed by atoms with van der Waals surface area (Å²) in [5.41, 5.74) is 4.64. The number of benzene rings is 1. The predicted molar refractivity (Wildman–Crippen MR) is 77.4 cm³/mol. The lowest BCUT2D eigenvalue weighted by Crippen LogP contribution is -2.34. The fraction of sp³-hybridized carbons (Fsp3) is 0.571. The number of hydrogen-bond donors (Lipinski definition) is 1. The van der Waals surface area contributed by atoms with E-state index in [9.17, 15) is 21.6 Å². The molecule has 124 valence electrons. The van der Waals surface area contributed by atoms with Crippen LogP contribution >= 0.6 is 0 Å². The summed E-state index contributed by atoms with van der Waals surface area (Å²) in [6, 6.07) is 4.64. The van der Waals surface area contributed by atoms with Crippen LogP contribution in [-0.2, 0) is 22.0 Å². The van der Waals surface area contributed by atoms with Crippen molar-refractivity contribution < 1.29 is 21.6 Å². The molecule has 0 aliphatic carbocycles. The Morgan fingerprint density at radius 1 is 1.36 bits per heavy atom. The molecule has 0 amide bonds. The number of sulfonamides is 1. The van der Waals surface area contributed by atoms with Crippen LogP contribution in [0.4, 0.5) is 13.2 Å². The maximum Gasteiger partial charge on any atom is 0.416 e. The van der Waals surface area contributed by atoms with E-state index >= 15 is 0 Å². The van der Waals surface area contributed by atoms with Crippen LogP contribution in [0.25, 0.3) is 0 Å². The van der Waals surface area contributed by atoms with Crippen LogP contribution in [-0.4, -0.2) is 31.9 Å². The first-order chi connectivity index (χ1) is 10.1. The molecular formula is C14H19F3N2O2S. The first-order valence-electron chi connectivity index (χ1n) is 7.00. The van der Waals surface area contributed by atoms with Gasteiger partial charge in [-0.05, 0) is 30.9 Å². The van der Waals surface area contributed by atoms with Crippen molar-refractivity contribution in [3.05, 3.63) is 35.4 Å². The molecule has 0 aromatic heterocycles. The van der Waals surface area contributed by atoms with E-state index in [0.29, 0.717) is 13.0 Å². The average molecular weight is 336 g/mol. The fourth-order valence-corrected chi connectivity index (χ4v) is 4.28. The van der Waals surface area contributed by atoms with Gasteiger partial charge in [-0.2, -0.15) is 13.2 Å². The largest absolute Gasteiger partial charge is 0.416 e. The number of nitrogens with two attached hydrogens (primary N) is 1. The summed E-state index contributed by atoms with van der Waals surface area (Å²) in [4.78, 5) is 0. The summed E-state index contributed by atoms with van der Waals surface area (Å²) in [7, 11) is -3.78. The number of halogens is 3. The van der Waals surface area contributed by atoms with E-state index in [1.165, 1.54) is 22.5 Å². The highest BCUT2D eigenvalue weighted by molar-refractivity contribution is 7.88. The molecule has 0 radical (unpaired) electrons. The van der Waals surface area contributed by atoms with Crippen molar-refractivity contribution >= 4 is 10.0 Å². The van der Waals surface area contributed by atoms with Gasteiger partial charge in [0.05, 0.1) is 11.3 Å². The minimum absolute atomic E-state index is 0.0487. The Morgan fingerprint density at radius 3 is 2.55 bits per heavy atom. The smallest absolute Gasteiger partial charge is 0.328 e. The Balaban J connectivity index is 2.21. The van der Waals surface area contributed by atoms with Crippen molar-refractivity contribution in [1.82, 2.24) is 4.31 Å². The topological polar surface area (TPSA) is 63.4 Å². The molecule has 1 heterocycles. The minimum atomic E-state index is -4.56. The fourth-order valence-electron chi connectivity index (χ4n) is 2.65. The molecule has 1 aromatic carbocycles. The van der Waals surface area contributed by atoms with Gasteiger partial charge in [-0.15, -0.1) is 0 Å². The Morgan fingerprint density at radius 2 is 2.00 bits per heavy atom. The molecule has 0 saturated carbocycles. The van der Waals surface area contributed by atoms with Crippen molar-refractivity contribution in [1.29, 1.82) is 0 Å². The first kappa shape index (κ1) is 17.2. The van der Waals surface area contributed by atoms with E-state index in [-0.39, 0.29) is 24.1 Å². The molecular weight excluding hydrogens is 317 g/mol. The van der Waals surface area contributed by atoms with Gasteiger partial charge in [-0.25, -0.2) is 12.7 Å². The monoisotopic (exact) mass is 336 g/mol. The third-order valence-corrected chi connectivity index (χ3v) is 5.78. The second kappa shape index (κ2) is 6.17. The molecule has 2 N–H and O–H groups in total. The second-order valence-corrected chi connectivity index (χ2v) is 7.65. The summed E-state index contributed by atoms with van der Waals surface area (Å²) in [5.74, 6) is -0.596. The van der Waals surface area contributed by atoms with Crippen LogP contribution in [0.2, 0.25) is 0 Å². The van der Waals surface area contributed by atoms with Crippen LogP contribution in [0.1, 0.15) is 24.5 Å². The third kappa shape index (κ3) is 3.80. The zero-order chi connectivity index (χ0) is 16.5. The highest BCUT2D eigenvalue weighted by Crippen LogP contribution is 2.33. The third-order valence-electron chi connectivity index (χ3n) is 3.99. The molecule has 2 rings (SSSR count). The van der Waals surface area contributed by atoms with Gasteiger partial charge in [0.25, 0.3) is 0 Å². The zero-order valence-electron chi connectivity index (χ0n) is 12.2. The number of nitrogens with zero attached hydrogens (tertiary/aromatic N) is 1. The van der Waals surface area contributed by atoms with Crippen molar-refractivity contribution in [2.75, 3.05) is 13.1 Å². The molecule has 8 heteroatoms. The summed E-state index contributed by atoms with van der Waals surface area (Å²) >= 11 is 0. The second-order valence-electron chi connectivity index (χ2n) is 5.68. The van der Waals surface area contributed by atoms with Crippen LogP contribution in [0.5, 0.6) is 0 Å². The van der Waals surface area contributed by atoms with Gasteiger partial charge in [0.1, 0.15) is 0 Å². The van der Waals surface area contributed by atoms with Gasteiger partial charge in [0.15, 0.2) is 0 Å². The van der Waals surface area contributed by atoms with Gasteiger partial charge in [-0.3, -0.25) is 0 Å². The van der Waals surface area contributed by atoms with E-state index < -0.39 is 27.5 Å². The summed E-state index contributed by atoms with van der Waals surface area (Å²) in [6.45, 7) is 2.39. The molecule has 1 aliphatic rings. The van der Waals surface area contributed by atoms with Crippen molar-refractivity contribution in [2.45, 2.75) is 31.3 Å². The van der Waals surface area contributed by atoms with Crippen LogP contribution in [0.3, 0.4) is 0 Å². The number of rotatable bonds is 4. The summed E-state index contributed by atoms with van der Waals surface area (Å²) < 4.78 is 64.8. The standard InChI is InChI=1S/C14H19F3N2O2S/c1-10(18)11-6-7-19(8-11)22(20,21)9-12-4-2-3-5-13(12)14(15,16)17/h2-5,10-11H,6-9,18H2,1H3. The molecule has 4 nitrogen and oxygen atoms in total. The van der Waals surface area contributed by atoms with E-state index in [1.807, 2.05) is 0 Å². The van der Waals surface area contributed by atoms with Crippen LogP contribution < -0.4 is 5.73 Å². The average Bonchev–Trinajstić information content (AvgIpc) is 2.88. The van der Waals surface area contributed by atoms with E-state index in [1.54, 1.807) is 6.92 Å². The van der Waals surface area contributed by atoms with Crippen LogP contribution in [0, 0.1) is 5.92 Å². The molecule has 0 bridgehead atoms. The quantitative estimate of drug-likeness (QED) is 0.917. The summed E-state index contributed by atoms with van der Waals surface area (Å²) in [5, 5.41) is 0. The molecule has 22 heavy (non-hydrogen) atoms. The Hall–Kier alpha value is -1.12. The molecule has 0 spiro atoms. The van der Waals surface area contributed by atoms with Crippen LogP contribution in [0.15, 0.2) is 24.3 Å². The van der Waals surface area contributed by atoms with Gasteiger partial charge in [0.2, 0.25) is 10.0 Å². The highest BCUT2D eigenvalue weighted by Gasteiger charge is 2.37. The van der Waals surface area contributed by atoms with E-state index in [0.717, 1.165) is 6.07 Å². The molecule has 2 atom stereocenters.